The maximum atomic E-state index is 12.2. The predicted molar refractivity (Wildman–Crippen MR) is 79.5 cm³/mol. The molecular weight excluding hydrogens is 236 g/mol. The molecule has 0 spiro atoms. The number of amides is 1. The maximum Gasteiger partial charge on any atom is 0.257 e. The van der Waals surface area contributed by atoms with Crippen molar-refractivity contribution in [2.24, 2.45) is 0 Å². The molecule has 0 atom stereocenters. The van der Waals surface area contributed by atoms with Crippen LogP contribution in [0.25, 0.3) is 0 Å². The Hall–Kier alpha value is -2.29. The van der Waals surface area contributed by atoms with Gasteiger partial charge in [0.25, 0.3) is 5.91 Å². The van der Waals surface area contributed by atoms with E-state index in [1.54, 1.807) is 12.1 Å². The summed E-state index contributed by atoms with van der Waals surface area (Å²) in [6.45, 7) is 5.95. The molecule has 2 aromatic carbocycles. The minimum Gasteiger partial charge on any atom is -0.398 e. The molecule has 98 valence electrons. The molecule has 2 rings (SSSR count). The Labute approximate surface area is 113 Å². The average molecular weight is 254 g/mol. The highest BCUT2D eigenvalue weighted by Crippen LogP contribution is 2.18. The number of rotatable bonds is 2. The van der Waals surface area contributed by atoms with E-state index in [4.69, 9.17) is 5.73 Å². The number of nitrogens with two attached hydrogens (primary N) is 1. The van der Waals surface area contributed by atoms with Gasteiger partial charge in [-0.05, 0) is 61.7 Å². The Morgan fingerprint density at radius 1 is 0.947 bits per heavy atom. The van der Waals surface area contributed by atoms with Gasteiger partial charge in [0.15, 0.2) is 0 Å². The van der Waals surface area contributed by atoms with Crippen molar-refractivity contribution in [3.05, 3.63) is 58.7 Å². The first-order valence-corrected chi connectivity index (χ1v) is 6.21. The molecule has 0 aromatic heterocycles. The second kappa shape index (κ2) is 5.14. The Morgan fingerprint density at radius 3 is 2.16 bits per heavy atom. The zero-order valence-electron chi connectivity index (χ0n) is 11.4. The summed E-state index contributed by atoms with van der Waals surface area (Å²) in [6.07, 6.45) is 0. The SMILES string of the molecule is Cc1cc(C)cc(NC(=O)c2ccc(C)cc2N)c1. The van der Waals surface area contributed by atoms with Crippen LogP contribution in [0.3, 0.4) is 0 Å². The van der Waals surface area contributed by atoms with Gasteiger partial charge in [0, 0.05) is 11.4 Å². The van der Waals surface area contributed by atoms with Gasteiger partial charge in [0.2, 0.25) is 0 Å². The number of nitrogens with one attached hydrogen (secondary N) is 1. The highest BCUT2D eigenvalue weighted by molar-refractivity contribution is 6.07. The molecule has 0 unspecified atom stereocenters. The van der Waals surface area contributed by atoms with Crippen LogP contribution in [0.1, 0.15) is 27.0 Å². The van der Waals surface area contributed by atoms with Crippen molar-refractivity contribution < 1.29 is 4.79 Å². The number of nitrogen functional groups attached to an aromatic ring is 1. The van der Waals surface area contributed by atoms with Crippen molar-refractivity contribution in [2.45, 2.75) is 20.8 Å². The summed E-state index contributed by atoms with van der Waals surface area (Å²) in [7, 11) is 0. The van der Waals surface area contributed by atoms with Crippen LogP contribution in [0.4, 0.5) is 11.4 Å². The van der Waals surface area contributed by atoms with Gasteiger partial charge in [0.05, 0.1) is 5.56 Å². The Morgan fingerprint density at radius 2 is 1.58 bits per heavy atom. The summed E-state index contributed by atoms with van der Waals surface area (Å²) >= 11 is 0. The van der Waals surface area contributed by atoms with Crippen molar-refractivity contribution in [2.75, 3.05) is 11.1 Å². The van der Waals surface area contributed by atoms with Crippen molar-refractivity contribution >= 4 is 17.3 Å². The van der Waals surface area contributed by atoms with Gasteiger partial charge in [-0.2, -0.15) is 0 Å². The van der Waals surface area contributed by atoms with Gasteiger partial charge in [-0.3, -0.25) is 4.79 Å². The highest BCUT2D eigenvalue weighted by atomic mass is 16.1. The molecular formula is C16H18N2O. The Bertz CT molecular complexity index is 612. The van der Waals surface area contributed by atoms with Gasteiger partial charge in [-0.25, -0.2) is 0 Å². The van der Waals surface area contributed by atoms with E-state index in [2.05, 4.69) is 11.4 Å². The van der Waals surface area contributed by atoms with Gasteiger partial charge < -0.3 is 11.1 Å². The normalized spacial score (nSPS) is 10.3. The van der Waals surface area contributed by atoms with Crippen molar-refractivity contribution in [3.63, 3.8) is 0 Å². The number of hydrogen-bond acceptors (Lipinski definition) is 2. The van der Waals surface area contributed by atoms with E-state index in [9.17, 15) is 4.79 Å². The first-order valence-electron chi connectivity index (χ1n) is 6.21. The third-order valence-corrected chi connectivity index (χ3v) is 2.93. The van der Waals surface area contributed by atoms with Crippen LogP contribution in [0, 0.1) is 20.8 Å². The highest BCUT2D eigenvalue weighted by Gasteiger charge is 2.10. The largest absolute Gasteiger partial charge is 0.398 e. The summed E-state index contributed by atoms with van der Waals surface area (Å²) in [5.41, 5.74) is 11.0. The quantitative estimate of drug-likeness (QED) is 0.806. The summed E-state index contributed by atoms with van der Waals surface area (Å²) < 4.78 is 0. The van der Waals surface area contributed by atoms with Crippen molar-refractivity contribution in [1.82, 2.24) is 0 Å². The first-order chi connectivity index (χ1) is 8.95. The second-order valence-corrected chi connectivity index (χ2v) is 4.92. The topological polar surface area (TPSA) is 55.1 Å². The van der Waals surface area contributed by atoms with E-state index >= 15 is 0 Å². The van der Waals surface area contributed by atoms with Crippen molar-refractivity contribution in [3.8, 4) is 0 Å². The second-order valence-electron chi connectivity index (χ2n) is 4.92. The molecule has 0 bridgehead atoms. The van der Waals surface area contributed by atoms with Gasteiger partial charge in [-0.1, -0.05) is 12.1 Å². The van der Waals surface area contributed by atoms with E-state index in [1.807, 2.05) is 39.0 Å². The molecule has 0 fully saturated rings. The van der Waals surface area contributed by atoms with Crippen LogP contribution >= 0.6 is 0 Å². The summed E-state index contributed by atoms with van der Waals surface area (Å²) in [5.74, 6) is -0.178. The number of hydrogen-bond donors (Lipinski definition) is 2. The number of carbonyl (C=O) groups excluding carboxylic acids is 1. The van der Waals surface area contributed by atoms with E-state index in [0.29, 0.717) is 11.3 Å². The van der Waals surface area contributed by atoms with Crippen molar-refractivity contribution in [1.29, 1.82) is 0 Å². The third kappa shape index (κ3) is 3.13. The molecule has 1 amide bonds. The third-order valence-electron chi connectivity index (χ3n) is 2.93. The zero-order valence-corrected chi connectivity index (χ0v) is 11.4. The van der Waals surface area contributed by atoms with Crippen LogP contribution in [0.5, 0.6) is 0 Å². The molecule has 0 aliphatic heterocycles. The molecule has 3 nitrogen and oxygen atoms in total. The molecule has 0 heterocycles. The lowest BCUT2D eigenvalue weighted by Crippen LogP contribution is -2.14. The number of carbonyl (C=O) groups is 1. The molecule has 0 aliphatic rings. The van der Waals surface area contributed by atoms with Gasteiger partial charge in [0.1, 0.15) is 0 Å². The zero-order chi connectivity index (χ0) is 14.0. The molecule has 2 aromatic rings. The monoisotopic (exact) mass is 254 g/mol. The van der Waals surface area contributed by atoms with Crippen LogP contribution < -0.4 is 11.1 Å². The molecule has 3 N–H and O–H groups in total. The predicted octanol–water partition coefficient (Wildman–Crippen LogP) is 3.45. The van der Waals surface area contributed by atoms with E-state index < -0.39 is 0 Å². The molecule has 3 heteroatoms. The Balaban J connectivity index is 2.25. The molecule has 0 saturated heterocycles. The van der Waals surface area contributed by atoms with E-state index in [1.165, 1.54) is 0 Å². The van der Waals surface area contributed by atoms with Gasteiger partial charge >= 0.3 is 0 Å². The summed E-state index contributed by atoms with van der Waals surface area (Å²) in [6, 6.07) is 11.4. The maximum absolute atomic E-state index is 12.2. The number of aryl methyl sites for hydroxylation is 3. The number of benzene rings is 2. The van der Waals surface area contributed by atoms with Crippen LogP contribution in [-0.4, -0.2) is 5.91 Å². The fourth-order valence-corrected chi connectivity index (χ4v) is 2.13. The minimum atomic E-state index is -0.178. The van der Waals surface area contributed by atoms with Crippen LogP contribution in [0.15, 0.2) is 36.4 Å². The molecule has 0 aliphatic carbocycles. The molecule has 0 saturated carbocycles. The lowest BCUT2D eigenvalue weighted by molar-refractivity contribution is 0.102. The van der Waals surface area contributed by atoms with E-state index in [0.717, 1.165) is 22.4 Å². The smallest absolute Gasteiger partial charge is 0.257 e. The number of anilines is 2. The summed E-state index contributed by atoms with van der Waals surface area (Å²) in [5, 5.41) is 2.88. The molecule has 19 heavy (non-hydrogen) atoms. The lowest BCUT2D eigenvalue weighted by Gasteiger charge is -2.09. The fourth-order valence-electron chi connectivity index (χ4n) is 2.13. The first kappa shape index (κ1) is 13.1. The average Bonchev–Trinajstić information content (AvgIpc) is 2.26. The molecule has 0 radical (unpaired) electrons. The Kier molecular flexibility index (Phi) is 3.56. The fraction of sp³-hybridized carbons (Fsp3) is 0.188. The standard InChI is InChI=1S/C16H18N2O/c1-10-4-5-14(15(17)9-10)16(19)18-13-7-11(2)6-12(3)8-13/h4-9H,17H2,1-3H3,(H,18,19). The minimum absolute atomic E-state index is 0.178. The lowest BCUT2D eigenvalue weighted by atomic mass is 10.1. The van der Waals surface area contributed by atoms with Gasteiger partial charge in [-0.15, -0.1) is 0 Å². The van der Waals surface area contributed by atoms with Crippen LogP contribution in [0.2, 0.25) is 0 Å². The summed E-state index contributed by atoms with van der Waals surface area (Å²) in [4.78, 5) is 12.2. The van der Waals surface area contributed by atoms with E-state index in [-0.39, 0.29) is 5.91 Å². The van der Waals surface area contributed by atoms with Crippen LogP contribution in [-0.2, 0) is 0 Å².